The molecule has 3 atom stereocenters. The first kappa shape index (κ1) is 16.1. The van der Waals surface area contributed by atoms with Crippen LogP contribution in [-0.2, 0) is 11.8 Å². The molecule has 0 radical (unpaired) electrons. The lowest BCUT2D eigenvalue weighted by Gasteiger charge is -2.44. The predicted octanol–water partition coefficient (Wildman–Crippen LogP) is 2.74. The van der Waals surface area contributed by atoms with E-state index in [1.54, 1.807) is 0 Å². The second-order valence-corrected chi connectivity index (χ2v) is 7.92. The Morgan fingerprint density at radius 1 is 1.12 bits per heavy atom. The number of piperidine rings is 1. The number of nitrogens with zero attached hydrogens (tertiary/aromatic N) is 4. The van der Waals surface area contributed by atoms with Gasteiger partial charge in [-0.2, -0.15) is 5.10 Å². The van der Waals surface area contributed by atoms with Crippen molar-refractivity contribution in [2.75, 3.05) is 19.6 Å². The molecule has 0 N–H and O–H groups in total. The average Bonchev–Trinajstić information content (AvgIpc) is 3.23. The third kappa shape index (κ3) is 3.10. The average molecular weight is 330 g/mol. The summed E-state index contributed by atoms with van der Waals surface area (Å²) in [7, 11) is 1.96. The Labute approximate surface area is 145 Å². The molecule has 5 heteroatoms. The summed E-state index contributed by atoms with van der Waals surface area (Å²) in [5.41, 5.74) is 1.26. The first-order valence-electron chi connectivity index (χ1n) is 9.74. The lowest BCUT2D eigenvalue weighted by atomic mass is 9.78. The third-order valence-corrected chi connectivity index (χ3v) is 6.38. The number of fused-ring (bicyclic) bond motifs is 1. The molecule has 0 unspecified atom stereocenters. The lowest BCUT2D eigenvalue weighted by molar-refractivity contribution is -0.139. The number of carbonyl (C=O) groups is 1. The molecule has 24 heavy (non-hydrogen) atoms. The van der Waals surface area contributed by atoms with Gasteiger partial charge >= 0.3 is 0 Å². The summed E-state index contributed by atoms with van der Waals surface area (Å²) in [5.74, 6) is 1.13. The van der Waals surface area contributed by atoms with Gasteiger partial charge in [-0.05, 0) is 51.0 Å². The highest BCUT2D eigenvalue weighted by molar-refractivity contribution is 5.79. The van der Waals surface area contributed by atoms with E-state index < -0.39 is 0 Å². The Kier molecular flexibility index (Phi) is 4.61. The smallest absolute Gasteiger partial charge is 0.237 e. The lowest BCUT2D eigenvalue weighted by Crippen LogP contribution is -2.52. The molecule has 0 bridgehead atoms. The summed E-state index contributed by atoms with van der Waals surface area (Å²) in [6, 6.07) is 0.897. The summed E-state index contributed by atoms with van der Waals surface area (Å²) >= 11 is 0. The Balaban J connectivity index is 1.43. The van der Waals surface area contributed by atoms with Crippen LogP contribution in [0, 0.1) is 5.92 Å². The number of likely N-dealkylation sites (tertiary alicyclic amines) is 2. The van der Waals surface area contributed by atoms with E-state index in [0.29, 0.717) is 24.5 Å². The molecule has 1 amide bonds. The van der Waals surface area contributed by atoms with Crippen molar-refractivity contribution in [3.05, 3.63) is 18.0 Å². The van der Waals surface area contributed by atoms with E-state index in [4.69, 9.17) is 0 Å². The van der Waals surface area contributed by atoms with Gasteiger partial charge in [-0.3, -0.25) is 14.4 Å². The molecule has 1 aromatic rings. The molecule has 2 saturated heterocycles. The number of hydrogen-bond acceptors (Lipinski definition) is 3. The van der Waals surface area contributed by atoms with Crippen molar-refractivity contribution in [1.29, 1.82) is 0 Å². The summed E-state index contributed by atoms with van der Waals surface area (Å²) in [4.78, 5) is 17.7. The molecule has 0 aromatic carbocycles. The molecule has 3 fully saturated rings. The Morgan fingerprint density at radius 2 is 1.92 bits per heavy atom. The highest BCUT2D eigenvalue weighted by Gasteiger charge is 2.37. The number of aromatic nitrogens is 2. The van der Waals surface area contributed by atoms with Gasteiger partial charge in [-0.25, -0.2) is 0 Å². The predicted molar refractivity (Wildman–Crippen MR) is 93.4 cm³/mol. The number of aryl methyl sites for hydroxylation is 1. The van der Waals surface area contributed by atoms with Gasteiger partial charge in [0.15, 0.2) is 0 Å². The van der Waals surface area contributed by atoms with E-state index in [2.05, 4.69) is 21.1 Å². The van der Waals surface area contributed by atoms with Crippen molar-refractivity contribution in [3.63, 3.8) is 0 Å². The van der Waals surface area contributed by atoms with E-state index >= 15 is 0 Å². The van der Waals surface area contributed by atoms with E-state index in [9.17, 15) is 4.79 Å². The van der Waals surface area contributed by atoms with Gasteiger partial charge in [0.2, 0.25) is 5.91 Å². The normalized spacial score (nSPS) is 31.2. The van der Waals surface area contributed by atoms with Crippen molar-refractivity contribution in [2.24, 2.45) is 13.0 Å². The van der Waals surface area contributed by atoms with E-state index in [1.165, 1.54) is 50.5 Å². The molecule has 5 nitrogen and oxygen atoms in total. The van der Waals surface area contributed by atoms with Gasteiger partial charge in [0.1, 0.15) is 0 Å². The summed E-state index contributed by atoms with van der Waals surface area (Å²) in [6.45, 7) is 2.60. The van der Waals surface area contributed by atoms with Gasteiger partial charge in [-0.1, -0.05) is 12.8 Å². The Hall–Kier alpha value is -1.36. The highest BCUT2D eigenvalue weighted by atomic mass is 16.2. The minimum atomic E-state index is 0.363. The van der Waals surface area contributed by atoms with Crippen LogP contribution in [0.3, 0.4) is 0 Å². The van der Waals surface area contributed by atoms with Crippen LogP contribution >= 0.6 is 0 Å². The van der Waals surface area contributed by atoms with Crippen molar-refractivity contribution in [3.8, 4) is 0 Å². The third-order valence-electron chi connectivity index (χ3n) is 6.38. The minimum absolute atomic E-state index is 0.363. The first-order valence-corrected chi connectivity index (χ1v) is 9.74. The standard InChI is InChI=1S/C19H30N4O/c1-21-13-16(12-20-21)17-9-5-10-22(17)14-19(24)23-11-4-7-15-6-2-3-8-18(15)23/h12-13,15,17-18H,2-11,14H2,1H3/t15-,17-,18-/m0/s1. The highest BCUT2D eigenvalue weighted by Crippen LogP contribution is 2.36. The SMILES string of the molecule is Cn1cc([C@@H]2CCCN2CC(=O)N2CCC[C@@H]3CCCC[C@@H]32)cn1. The number of amides is 1. The molecule has 4 rings (SSSR count). The maximum absolute atomic E-state index is 13.1. The quantitative estimate of drug-likeness (QED) is 0.856. The Bertz CT molecular complexity index is 582. The zero-order chi connectivity index (χ0) is 16.5. The van der Waals surface area contributed by atoms with Gasteiger partial charge < -0.3 is 4.90 Å². The fraction of sp³-hybridized carbons (Fsp3) is 0.789. The number of rotatable bonds is 3. The summed E-state index contributed by atoms with van der Waals surface area (Å²) in [6.07, 6.45) is 14.1. The van der Waals surface area contributed by atoms with Crippen LogP contribution in [0.15, 0.2) is 12.4 Å². The van der Waals surface area contributed by atoms with Gasteiger partial charge in [0.05, 0.1) is 12.7 Å². The fourth-order valence-electron chi connectivity index (χ4n) is 5.20. The van der Waals surface area contributed by atoms with Crippen LogP contribution in [0.2, 0.25) is 0 Å². The van der Waals surface area contributed by atoms with Crippen molar-refractivity contribution in [2.45, 2.75) is 63.5 Å². The van der Waals surface area contributed by atoms with Crippen molar-refractivity contribution >= 4 is 5.91 Å². The van der Waals surface area contributed by atoms with Crippen molar-refractivity contribution in [1.82, 2.24) is 19.6 Å². The van der Waals surface area contributed by atoms with E-state index in [-0.39, 0.29) is 0 Å². The minimum Gasteiger partial charge on any atom is -0.338 e. The van der Waals surface area contributed by atoms with Crippen LogP contribution in [-0.4, -0.2) is 51.2 Å². The van der Waals surface area contributed by atoms with E-state index in [0.717, 1.165) is 25.4 Å². The Morgan fingerprint density at radius 3 is 2.75 bits per heavy atom. The maximum atomic E-state index is 13.1. The topological polar surface area (TPSA) is 41.4 Å². The van der Waals surface area contributed by atoms with Gasteiger partial charge in [-0.15, -0.1) is 0 Å². The van der Waals surface area contributed by atoms with Crippen LogP contribution in [0.1, 0.15) is 63.0 Å². The van der Waals surface area contributed by atoms with Crippen LogP contribution in [0.4, 0.5) is 0 Å². The van der Waals surface area contributed by atoms with Gasteiger partial charge in [0, 0.05) is 37.4 Å². The molecule has 0 spiro atoms. The molecule has 2 aliphatic heterocycles. The van der Waals surface area contributed by atoms with Crippen LogP contribution < -0.4 is 0 Å². The molecule has 3 heterocycles. The second kappa shape index (κ2) is 6.87. The molecule has 132 valence electrons. The molecule has 3 aliphatic rings. The van der Waals surface area contributed by atoms with Crippen LogP contribution in [0.5, 0.6) is 0 Å². The van der Waals surface area contributed by atoms with Gasteiger partial charge in [0.25, 0.3) is 0 Å². The van der Waals surface area contributed by atoms with E-state index in [1.807, 2.05) is 17.9 Å². The zero-order valence-electron chi connectivity index (χ0n) is 14.9. The largest absolute Gasteiger partial charge is 0.338 e. The molecule has 1 aliphatic carbocycles. The number of hydrogen-bond donors (Lipinski definition) is 0. The molecule has 1 saturated carbocycles. The fourth-order valence-corrected chi connectivity index (χ4v) is 5.20. The summed E-state index contributed by atoms with van der Waals surface area (Å²) in [5, 5.41) is 4.31. The first-order chi connectivity index (χ1) is 11.7. The summed E-state index contributed by atoms with van der Waals surface area (Å²) < 4.78 is 1.87. The zero-order valence-corrected chi connectivity index (χ0v) is 14.9. The second-order valence-electron chi connectivity index (χ2n) is 7.92. The monoisotopic (exact) mass is 330 g/mol. The maximum Gasteiger partial charge on any atom is 0.237 e. The number of carbonyl (C=O) groups excluding carboxylic acids is 1. The van der Waals surface area contributed by atoms with Crippen LogP contribution in [0.25, 0.3) is 0 Å². The van der Waals surface area contributed by atoms with Crippen molar-refractivity contribution < 1.29 is 4.79 Å². The molecule has 1 aromatic heterocycles. The molecular weight excluding hydrogens is 300 g/mol. The molecular formula is C19H30N4O.